The van der Waals surface area contributed by atoms with Gasteiger partial charge in [-0.1, -0.05) is 6.07 Å². The van der Waals surface area contributed by atoms with Gasteiger partial charge in [0.25, 0.3) is 5.91 Å². The van der Waals surface area contributed by atoms with E-state index < -0.39 is 11.9 Å². The van der Waals surface area contributed by atoms with Crippen LogP contribution >= 0.6 is 0 Å². The van der Waals surface area contributed by atoms with Crippen molar-refractivity contribution in [1.29, 1.82) is 0 Å². The number of piperidine rings is 1. The number of pyridine rings is 1. The maximum absolute atomic E-state index is 13.0. The van der Waals surface area contributed by atoms with Crippen molar-refractivity contribution in [3.05, 3.63) is 58.4 Å². The molecule has 2 atom stereocenters. The molecule has 0 bridgehead atoms. The fraction of sp³-hybridized carbons (Fsp3) is 0.571. The first-order valence-electron chi connectivity index (χ1n) is 13.0. The van der Waals surface area contributed by atoms with Gasteiger partial charge in [0.05, 0.1) is 12.2 Å². The van der Waals surface area contributed by atoms with Crippen LogP contribution in [0, 0.1) is 13.8 Å². The van der Waals surface area contributed by atoms with Crippen LogP contribution in [-0.2, 0) is 6.18 Å². The van der Waals surface area contributed by atoms with Crippen LogP contribution in [0.2, 0.25) is 0 Å². The monoisotopic (exact) mass is 518 g/mol. The van der Waals surface area contributed by atoms with Crippen LogP contribution in [0.4, 0.5) is 13.2 Å². The zero-order valence-corrected chi connectivity index (χ0v) is 22.1. The number of nitrogens with zero attached hydrogens (tertiary/aromatic N) is 4. The van der Waals surface area contributed by atoms with Crippen molar-refractivity contribution >= 4 is 5.91 Å². The Hall–Kier alpha value is -2.65. The Labute approximate surface area is 217 Å². The van der Waals surface area contributed by atoms with E-state index in [9.17, 15) is 18.0 Å². The summed E-state index contributed by atoms with van der Waals surface area (Å²) in [6.07, 6.45) is 0.627. The lowest BCUT2D eigenvalue weighted by molar-refractivity contribution is -0.141. The number of benzene rings is 1. The SMILES string of the molecule is Cc1c(OCCCN(C)C)ccc([C@H]2CCC[C@H]3CN(C(=O)c4ccc(C(F)(F)F)nc4)CCN32)c1C. The number of hydrogen-bond donors (Lipinski definition) is 0. The van der Waals surface area contributed by atoms with E-state index in [0.29, 0.717) is 19.7 Å². The van der Waals surface area contributed by atoms with Gasteiger partial charge in [0.15, 0.2) is 0 Å². The Balaban J connectivity index is 1.42. The molecule has 1 amide bonds. The second-order valence-electron chi connectivity index (χ2n) is 10.4. The average Bonchev–Trinajstić information content (AvgIpc) is 2.87. The van der Waals surface area contributed by atoms with Crippen molar-refractivity contribution in [1.82, 2.24) is 19.7 Å². The largest absolute Gasteiger partial charge is 0.493 e. The molecule has 6 nitrogen and oxygen atoms in total. The molecule has 2 aliphatic heterocycles. The minimum Gasteiger partial charge on any atom is -0.493 e. The first kappa shape index (κ1) is 27.4. The predicted octanol–water partition coefficient (Wildman–Crippen LogP) is 5.10. The molecule has 2 fully saturated rings. The number of fused-ring (bicyclic) bond motifs is 1. The fourth-order valence-electron chi connectivity index (χ4n) is 5.54. The molecule has 0 aliphatic carbocycles. The second-order valence-corrected chi connectivity index (χ2v) is 10.4. The lowest BCUT2D eigenvalue weighted by Gasteiger charge is -2.48. The third-order valence-corrected chi connectivity index (χ3v) is 7.68. The van der Waals surface area contributed by atoms with Gasteiger partial charge in [0.1, 0.15) is 11.4 Å². The molecular weight excluding hydrogens is 481 g/mol. The second kappa shape index (κ2) is 11.4. The van der Waals surface area contributed by atoms with E-state index in [-0.39, 0.29) is 23.6 Å². The van der Waals surface area contributed by atoms with Crippen LogP contribution in [0.1, 0.15) is 64.5 Å². The summed E-state index contributed by atoms with van der Waals surface area (Å²) in [5.74, 6) is 0.679. The third-order valence-electron chi connectivity index (χ3n) is 7.68. The third kappa shape index (κ3) is 6.26. The summed E-state index contributed by atoms with van der Waals surface area (Å²) < 4.78 is 44.6. The molecule has 2 aliphatic rings. The zero-order chi connectivity index (χ0) is 26.7. The van der Waals surface area contributed by atoms with Gasteiger partial charge in [-0.2, -0.15) is 13.2 Å². The van der Waals surface area contributed by atoms with Gasteiger partial charge in [-0.3, -0.25) is 14.7 Å². The molecular formula is C28H37F3N4O2. The first-order chi connectivity index (χ1) is 17.6. The highest BCUT2D eigenvalue weighted by Gasteiger charge is 2.38. The molecule has 3 heterocycles. The highest BCUT2D eigenvalue weighted by molar-refractivity contribution is 5.94. The smallest absolute Gasteiger partial charge is 0.433 e. The maximum Gasteiger partial charge on any atom is 0.433 e. The standard InChI is InChI=1S/C28H37F3N4O2/c1-19-20(2)25(37-16-6-13-33(3)4)11-10-23(19)24-8-5-7-22-18-34(14-15-35(22)24)27(36)21-9-12-26(32-17-21)28(29,30)31/h9-12,17,22,24H,5-8,13-16,18H2,1-4H3/t22-,24+/m0/s1. The number of alkyl halides is 3. The van der Waals surface area contributed by atoms with Crippen LogP contribution in [0.3, 0.4) is 0 Å². The highest BCUT2D eigenvalue weighted by Crippen LogP contribution is 2.39. The molecule has 0 N–H and O–H groups in total. The van der Waals surface area contributed by atoms with E-state index in [1.165, 1.54) is 22.8 Å². The average molecular weight is 519 g/mol. The summed E-state index contributed by atoms with van der Waals surface area (Å²) in [6, 6.07) is 6.90. The lowest BCUT2D eigenvalue weighted by Crippen LogP contribution is -2.57. The number of hydrogen-bond acceptors (Lipinski definition) is 5. The number of carbonyl (C=O) groups excluding carboxylic acids is 1. The summed E-state index contributed by atoms with van der Waals surface area (Å²) in [5, 5.41) is 0. The molecule has 202 valence electrons. The molecule has 4 rings (SSSR count). The van der Waals surface area contributed by atoms with Crippen LogP contribution in [0.15, 0.2) is 30.5 Å². The Morgan fingerprint density at radius 1 is 1.11 bits per heavy atom. The number of amides is 1. The molecule has 0 saturated carbocycles. The lowest BCUT2D eigenvalue weighted by atomic mass is 9.86. The van der Waals surface area contributed by atoms with E-state index in [1.54, 1.807) is 4.90 Å². The number of aromatic nitrogens is 1. The number of carbonyl (C=O) groups is 1. The van der Waals surface area contributed by atoms with Gasteiger partial charge in [-0.15, -0.1) is 0 Å². The molecule has 1 aromatic heterocycles. The summed E-state index contributed by atoms with van der Waals surface area (Å²) in [6.45, 7) is 7.81. The quantitative estimate of drug-likeness (QED) is 0.478. The van der Waals surface area contributed by atoms with E-state index in [0.717, 1.165) is 56.8 Å². The number of rotatable bonds is 7. The molecule has 37 heavy (non-hydrogen) atoms. The molecule has 0 radical (unpaired) electrons. The van der Waals surface area contributed by atoms with Crippen molar-refractivity contribution in [3.63, 3.8) is 0 Å². The van der Waals surface area contributed by atoms with Gasteiger partial charge in [-0.05, 0) is 88.5 Å². The Morgan fingerprint density at radius 2 is 1.89 bits per heavy atom. The van der Waals surface area contributed by atoms with Gasteiger partial charge in [0.2, 0.25) is 0 Å². The highest BCUT2D eigenvalue weighted by atomic mass is 19.4. The summed E-state index contributed by atoms with van der Waals surface area (Å²) in [7, 11) is 4.12. The van der Waals surface area contributed by atoms with Crippen LogP contribution in [0.5, 0.6) is 5.75 Å². The minimum atomic E-state index is -4.52. The molecule has 0 spiro atoms. The maximum atomic E-state index is 13.0. The van der Waals surface area contributed by atoms with Crippen molar-refractivity contribution in [2.24, 2.45) is 0 Å². The van der Waals surface area contributed by atoms with Gasteiger partial charge in [0, 0.05) is 44.5 Å². The normalized spacial score (nSPS) is 20.7. The molecule has 0 unspecified atom stereocenters. The van der Waals surface area contributed by atoms with E-state index in [2.05, 4.69) is 54.9 Å². The number of piperazine rings is 1. The topological polar surface area (TPSA) is 48.9 Å². The zero-order valence-electron chi connectivity index (χ0n) is 22.1. The molecule has 2 saturated heterocycles. The Morgan fingerprint density at radius 3 is 2.57 bits per heavy atom. The molecule has 1 aromatic carbocycles. The number of halogens is 3. The first-order valence-corrected chi connectivity index (χ1v) is 13.0. The van der Waals surface area contributed by atoms with Gasteiger partial charge in [-0.25, -0.2) is 0 Å². The molecule has 2 aromatic rings. The summed E-state index contributed by atoms with van der Waals surface area (Å²) in [5.41, 5.74) is 2.95. The van der Waals surface area contributed by atoms with Gasteiger partial charge >= 0.3 is 6.18 Å². The van der Waals surface area contributed by atoms with E-state index in [1.807, 2.05) is 0 Å². The minimum absolute atomic E-state index is 0.196. The number of ether oxygens (including phenoxy) is 1. The van der Waals surface area contributed by atoms with Crippen molar-refractivity contribution in [2.45, 2.75) is 57.8 Å². The van der Waals surface area contributed by atoms with Crippen LogP contribution in [0.25, 0.3) is 0 Å². The Bertz CT molecular complexity index is 1090. The van der Waals surface area contributed by atoms with E-state index in [4.69, 9.17) is 4.74 Å². The van der Waals surface area contributed by atoms with Crippen molar-refractivity contribution in [2.75, 3.05) is 46.9 Å². The van der Waals surface area contributed by atoms with Gasteiger partial charge < -0.3 is 14.5 Å². The van der Waals surface area contributed by atoms with Crippen molar-refractivity contribution in [3.8, 4) is 5.75 Å². The summed E-state index contributed by atoms with van der Waals surface area (Å²) >= 11 is 0. The predicted molar refractivity (Wildman–Crippen MR) is 137 cm³/mol. The summed E-state index contributed by atoms with van der Waals surface area (Å²) in [4.78, 5) is 22.9. The van der Waals surface area contributed by atoms with Crippen LogP contribution < -0.4 is 4.74 Å². The van der Waals surface area contributed by atoms with E-state index >= 15 is 0 Å². The van der Waals surface area contributed by atoms with Crippen LogP contribution in [-0.4, -0.2) is 78.5 Å². The molecule has 9 heteroatoms. The Kier molecular flexibility index (Phi) is 8.43. The fourth-order valence-corrected chi connectivity index (χ4v) is 5.54. The van der Waals surface area contributed by atoms with Crippen molar-refractivity contribution < 1.29 is 22.7 Å².